The molecule has 1 aliphatic carbocycles. The minimum atomic E-state index is -0.964. The standard InChI is InChI=1S/C30H28N2O6.2H2/c1-18-4-10-22(31-29(36)30(12-13-30)21-9-11-25-26(15-21)38-17-37-25)16-23(18)19-5-7-20(8-6-19)27(33)32-14-2-3-24(32)28(34)35;;/h4-11,15-16,24H,2-3,12-14,17H2,1H3,(H,31,36)(H,34,35);2*1H. The van der Waals surface area contributed by atoms with Gasteiger partial charge in [-0.15, -0.1) is 0 Å². The Bertz CT molecular complexity index is 1460. The van der Waals surface area contributed by atoms with E-state index in [2.05, 4.69) is 5.32 Å². The van der Waals surface area contributed by atoms with E-state index in [1.165, 1.54) is 4.90 Å². The van der Waals surface area contributed by atoms with E-state index in [4.69, 9.17) is 9.47 Å². The summed E-state index contributed by atoms with van der Waals surface area (Å²) in [6.07, 6.45) is 2.71. The van der Waals surface area contributed by atoms with Crippen LogP contribution in [0.5, 0.6) is 11.5 Å². The van der Waals surface area contributed by atoms with Crippen LogP contribution in [0.1, 0.15) is 50.0 Å². The van der Waals surface area contributed by atoms with E-state index in [0.717, 1.165) is 35.1 Å². The van der Waals surface area contributed by atoms with Crippen molar-refractivity contribution in [2.24, 2.45) is 0 Å². The fraction of sp³-hybridized carbons (Fsp3) is 0.300. The molecule has 3 aromatic carbocycles. The number of amides is 2. The number of rotatable bonds is 6. The number of likely N-dealkylation sites (tertiary alicyclic amines) is 1. The molecule has 3 aliphatic rings. The number of carbonyl (C=O) groups excluding carboxylic acids is 2. The number of fused-ring (bicyclic) bond motifs is 1. The highest BCUT2D eigenvalue weighted by molar-refractivity contribution is 6.02. The highest BCUT2D eigenvalue weighted by Crippen LogP contribution is 2.51. The molecule has 6 rings (SSSR count). The summed E-state index contributed by atoms with van der Waals surface area (Å²) in [7, 11) is 0. The van der Waals surface area contributed by atoms with E-state index in [9.17, 15) is 19.5 Å². The smallest absolute Gasteiger partial charge is 0.326 e. The van der Waals surface area contributed by atoms with Crippen LogP contribution in [0.25, 0.3) is 11.1 Å². The molecule has 8 nitrogen and oxygen atoms in total. The molecule has 2 fully saturated rings. The Balaban J connectivity index is 0.00000185. The van der Waals surface area contributed by atoms with Crippen LogP contribution in [0.3, 0.4) is 0 Å². The van der Waals surface area contributed by atoms with Crippen LogP contribution in [0.15, 0.2) is 60.7 Å². The molecule has 0 bridgehead atoms. The van der Waals surface area contributed by atoms with Crippen molar-refractivity contribution < 1.29 is 31.8 Å². The Hall–Kier alpha value is -4.33. The number of carbonyl (C=O) groups is 3. The molecule has 3 aromatic rings. The summed E-state index contributed by atoms with van der Waals surface area (Å²) in [5.74, 6) is 0.0870. The van der Waals surface area contributed by atoms with E-state index in [0.29, 0.717) is 42.1 Å². The maximum Gasteiger partial charge on any atom is 0.326 e. The summed E-state index contributed by atoms with van der Waals surface area (Å²) in [5, 5.41) is 12.5. The lowest BCUT2D eigenvalue weighted by atomic mass is 9.94. The van der Waals surface area contributed by atoms with Gasteiger partial charge < -0.3 is 24.8 Å². The number of anilines is 1. The van der Waals surface area contributed by atoms with E-state index in [-0.39, 0.29) is 21.5 Å². The van der Waals surface area contributed by atoms with Crippen molar-refractivity contribution in [1.29, 1.82) is 0 Å². The van der Waals surface area contributed by atoms with Crippen LogP contribution in [0.4, 0.5) is 5.69 Å². The zero-order valence-corrected chi connectivity index (χ0v) is 21.0. The fourth-order valence-corrected chi connectivity index (χ4v) is 5.45. The van der Waals surface area contributed by atoms with Crippen LogP contribution in [-0.4, -0.2) is 47.2 Å². The summed E-state index contributed by atoms with van der Waals surface area (Å²) in [6.45, 7) is 2.64. The summed E-state index contributed by atoms with van der Waals surface area (Å²) in [4.78, 5) is 39.2. The van der Waals surface area contributed by atoms with Gasteiger partial charge in [-0.25, -0.2) is 4.79 Å². The van der Waals surface area contributed by atoms with Crippen molar-refractivity contribution in [2.45, 2.75) is 44.1 Å². The first kappa shape index (κ1) is 24.0. The second-order valence-electron chi connectivity index (χ2n) is 10.2. The van der Waals surface area contributed by atoms with Gasteiger partial charge in [-0.05, 0) is 91.3 Å². The molecule has 0 radical (unpaired) electrons. The first-order valence-corrected chi connectivity index (χ1v) is 12.8. The van der Waals surface area contributed by atoms with Crippen molar-refractivity contribution in [3.05, 3.63) is 77.4 Å². The van der Waals surface area contributed by atoms with Gasteiger partial charge in [0, 0.05) is 20.6 Å². The number of nitrogens with one attached hydrogen (secondary N) is 1. The Morgan fingerprint density at radius 2 is 1.76 bits per heavy atom. The third kappa shape index (κ3) is 4.16. The molecule has 1 unspecified atom stereocenters. The van der Waals surface area contributed by atoms with Gasteiger partial charge in [0.1, 0.15) is 6.04 Å². The highest BCUT2D eigenvalue weighted by Gasteiger charge is 2.51. The van der Waals surface area contributed by atoms with Crippen LogP contribution in [0, 0.1) is 6.92 Å². The Morgan fingerprint density at radius 3 is 2.50 bits per heavy atom. The Kier molecular flexibility index (Phi) is 5.82. The predicted octanol–water partition coefficient (Wildman–Crippen LogP) is 5.24. The minimum Gasteiger partial charge on any atom is -0.480 e. The maximum absolute atomic E-state index is 13.4. The number of carboxylic acids is 1. The van der Waals surface area contributed by atoms with Crippen LogP contribution in [-0.2, 0) is 15.0 Å². The lowest BCUT2D eigenvalue weighted by molar-refractivity contribution is -0.141. The molecular weight excluding hydrogens is 484 g/mol. The van der Waals surface area contributed by atoms with Crippen molar-refractivity contribution in [2.75, 3.05) is 18.7 Å². The SMILES string of the molecule is Cc1ccc(NC(=O)C2(c3ccc4c(c3)OCO4)CC2)cc1-c1ccc(C(=O)N2CCCC2C(=O)O)cc1.[HH].[HH]. The molecule has 8 heteroatoms. The summed E-state index contributed by atoms with van der Waals surface area (Å²) in [5.41, 5.74) is 4.40. The zero-order chi connectivity index (χ0) is 26.4. The first-order chi connectivity index (χ1) is 18.4. The number of hydrogen-bond donors (Lipinski definition) is 2. The van der Waals surface area contributed by atoms with Gasteiger partial charge in [-0.2, -0.15) is 0 Å². The second kappa shape index (κ2) is 9.20. The van der Waals surface area contributed by atoms with E-state index >= 15 is 0 Å². The normalized spacial score (nSPS) is 18.8. The van der Waals surface area contributed by atoms with E-state index in [1.54, 1.807) is 12.1 Å². The van der Waals surface area contributed by atoms with Crippen LogP contribution >= 0.6 is 0 Å². The Labute approximate surface area is 223 Å². The average Bonchev–Trinajstić information content (AvgIpc) is 3.35. The van der Waals surface area contributed by atoms with Crippen molar-refractivity contribution in [1.82, 2.24) is 4.90 Å². The van der Waals surface area contributed by atoms with Gasteiger partial charge in [-0.3, -0.25) is 9.59 Å². The number of carboxylic acid groups (broad SMARTS) is 1. The molecule has 2 aliphatic heterocycles. The molecule has 1 atom stereocenters. The molecule has 1 saturated carbocycles. The van der Waals surface area contributed by atoms with Gasteiger partial charge in [0.05, 0.1) is 5.41 Å². The average molecular weight is 517 g/mol. The molecule has 198 valence electrons. The van der Waals surface area contributed by atoms with Crippen molar-refractivity contribution in [3.8, 4) is 22.6 Å². The number of hydrogen-bond acceptors (Lipinski definition) is 5. The molecule has 2 heterocycles. The van der Waals surface area contributed by atoms with Gasteiger partial charge in [-0.1, -0.05) is 24.3 Å². The molecule has 0 aromatic heterocycles. The molecular formula is C30H32N2O6. The predicted molar refractivity (Wildman–Crippen MR) is 145 cm³/mol. The number of aliphatic carboxylic acids is 1. The van der Waals surface area contributed by atoms with Crippen LogP contribution in [0.2, 0.25) is 0 Å². The molecule has 2 N–H and O–H groups in total. The van der Waals surface area contributed by atoms with E-state index in [1.807, 2.05) is 55.5 Å². The largest absolute Gasteiger partial charge is 0.480 e. The number of nitrogens with zero attached hydrogens (tertiary/aromatic N) is 1. The van der Waals surface area contributed by atoms with Gasteiger partial charge in [0.15, 0.2) is 11.5 Å². The number of ether oxygens (including phenoxy) is 2. The topological polar surface area (TPSA) is 105 Å². The lowest BCUT2D eigenvalue weighted by Crippen LogP contribution is -2.40. The van der Waals surface area contributed by atoms with Crippen molar-refractivity contribution in [3.63, 3.8) is 0 Å². The summed E-state index contributed by atoms with van der Waals surface area (Å²) < 4.78 is 10.9. The zero-order valence-electron chi connectivity index (χ0n) is 21.0. The first-order valence-electron chi connectivity index (χ1n) is 12.8. The third-order valence-corrected chi connectivity index (χ3v) is 7.85. The molecule has 38 heavy (non-hydrogen) atoms. The maximum atomic E-state index is 13.4. The quantitative estimate of drug-likeness (QED) is 0.464. The molecule has 1 saturated heterocycles. The Morgan fingerprint density at radius 1 is 1.00 bits per heavy atom. The summed E-state index contributed by atoms with van der Waals surface area (Å²) in [6, 6.07) is 17.9. The van der Waals surface area contributed by atoms with E-state index < -0.39 is 17.4 Å². The monoisotopic (exact) mass is 516 g/mol. The van der Waals surface area contributed by atoms with Gasteiger partial charge in [0.2, 0.25) is 12.7 Å². The van der Waals surface area contributed by atoms with Gasteiger partial charge in [0.25, 0.3) is 5.91 Å². The third-order valence-electron chi connectivity index (χ3n) is 7.85. The fourth-order valence-electron chi connectivity index (χ4n) is 5.45. The second-order valence-corrected chi connectivity index (χ2v) is 10.2. The lowest BCUT2D eigenvalue weighted by Gasteiger charge is -2.21. The molecule has 0 spiro atoms. The van der Waals surface area contributed by atoms with Gasteiger partial charge >= 0.3 is 5.97 Å². The minimum absolute atomic E-state index is 0. The number of aryl methyl sites for hydroxylation is 1. The van der Waals surface area contributed by atoms with Crippen molar-refractivity contribution >= 4 is 23.5 Å². The molecule has 2 amide bonds. The summed E-state index contributed by atoms with van der Waals surface area (Å²) >= 11 is 0. The number of benzene rings is 3. The highest BCUT2D eigenvalue weighted by atomic mass is 16.7. The van der Waals surface area contributed by atoms with Crippen LogP contribution < -0.4 is 14.8 Å².